The van der Waals surface area contributed by atoms with Crippen molar-refractivity contribution in [1.29, 1.82) is 0 Å². The molecule has 0 spiro atoms. The minimum absolute atomic E-state index is 0.0580. The lowest BCUT2D eigenvalue weighted by atomic mass is 9.82. The molecule has 5 heteroatoms. The van der Waals surface area contributed by atoms with Crippen molar-refractivity contribution in [2.45, 2.75) is 32.1 Å². The second-order valence-corrected chi connectivity index (χ2v) is 5.55. The second kappa shape index (κ2) is 7.11. The predicted octanol–water partition coefficient (Wildman–Crippen LogP) is 2.30. The van der Waals surface area contributed by atoms with Gasteiger partial charge in [-0.25, -0.2) is 0 Å². The molecular weight excluding hydrogens is 270 g/mol. The van der Waals surface area contributed by atoms with Crippen molar-refractivity contribution in [3.05, 3.63) is 29.8 Å². The highest BCUT2D eigenvalue weighted by Gasteiger charge is 2.34. The van der Waals surface area contributed by atoms with Gasteiger partial charge >= 0.3 is 5.97 Å². The van der Waals surface area contributed by atoms with E-state index in [0.717, 1.165) is 5.56 Å². The number of rotatable bonds is 7. The van der Waals surface area contributed by atoms with E-state index in [2.05, 4.69) is 0 Å². The number of methoxy groups -OCH3 is 1. The van der Waals surface area contributed by atoms with Gasteiger partial charge < -0.3 is 14.7 Å². The molecule has 0 saturated heterocycles. The van der Waals surface area contributed by atoms with Crippen LogP contribution in [0.15, 0.2) is 24.3 Å². The zero-order valence-electron chi connectivity index (χ0n) is 13.0. The first-order valence-electron chi connectivity index (χ1n) is 6.91. The van der Waals surface area contributed by atoms with Gasteiger partial charge in [0.25, 0.3) is 0 Å². The van der Waals surface area contributed by atoms with Gasteiger partial charge in [-0.2, -0.15) is 0 Å². The largest absolute Gasteiger partial charge is 0.496 e. The highest BCUT2D eigenvalue weighted by atomic mass is 16.5. The first-order chi connectivity index (χ1) is 9.80. The van der Waals surface area contributed by atoms with Gasteiger partial charge in [0, 0.05) is 25.6 Å². The summed E-state index contributed by atoms with van der Waals surface area (Å²) in [5.74, 6) is -0.230. The SMILES string of the molecule is COc1ccccc1C(C)(C)C(=O)N(C)CCCC(=O)O. The third kappa shape index (κ3) is 4.21. The maximum atomic E-state index is 12.6. The molecule has 0 saturated carbocycles. The Kier molecular flexibility index (Phi) is 5.76. The Labute approximate surface area is 125 Å². The van der Waals surface area contributed by atoms with E-state index in [1.54, 1.807) is 19.1 Å². The molecular formula is C16H23NO4. The van der Waals surface area contributed by atoms with Crippen LogP contribution >= 0.6 is 0 Å². The van der Waals surface area contributed by atoms with Crippen LogP contribution in [0.1, 0.15) is 32.3 Å². The van der Waals surface area contributed by atoms with Crippen LogP contribution in [0.3, 0.4) is 0 Å². The number of aliphatic carboxylic acids is 1. The number of nitrogens with zero attached hydrogens (tertiary/aromatic N) is 1. The van der Waals surface area contributed by atoms with Gasteiger partial charge in [-0.05, 0) is 26.3 Å². The van der Waals surface area contributed by atoms with Crippen LogP contribution in [0.4, 0.5) is 0 Å². The third-order valence-corrected chi connectivity index (χ3v) is 3.55. The Morgan fingerprint density at radius 1 is 1.29 bits per heavy atom. The number of carboxylic acids is 1. The predicted molar refractivity (Wildman–Crippen MR) is 80.5 cm³/mol. The third-order valence-electron chi connectivity index (χ3n) is 3.55. The van der Waals surface area contributed by atoms with Crippen molar-refractivity contribution >= 4 is 11.9 Å². The Bertz CT molecular complexity index is 511. The van der Waals surface area contributed by atoms with E-state index in [1.165, 1.54) is 0 Å². The van der Waals surface area contributed by atoms with Crippen LogP contribution in [-0.2, 0) is 15.0 Å². The zero-order valence-corrected chi connectivity index (χ0v) is 13.0. The number of benzene rings is 1. The summed E-state index contributed by atoms with van der Waals surface area (Å²) >= 11 is 0. The Morgan fingerprint density at radius 2 is 1.90 bits per heavy atom. The molecule has 1 aromatic carbocycles. The van der Waals surface area contributed by atoms with Gasteiger partial charge in [0.15, 0.2) is 0 Å². The van der Waals surface area contributed by atoms with Gasteiger partial charge in [-0.3, -0.25) is 9.59 Å². The molecule has 0 aliphatic heterocycles. The van der Waals surface area contributed by atoms with Crippen LogP contribution < -0.4 is 4.74 Å². The maximum absolute atomic E-state index is 12.6. The topological polar surface area (TPSA) is 66.8 Å². The van der Waals surface area contributed by atoms with E-state index < -0.39 is 11.4 Å². The van der Waals surface area contributed by atoms with Crippen LogP contribution in [-0.4, -0.2) is 42.6 Å². The molecule has 1 N–H and O–H groups in total. The molecule has 1 aromatic rings. The first kappa shape index (κ1) is 17.0. The zero-order chi connectivity index (χ0) is 16.0. The molecule has 5 nitrogen and oxygen atoms in total. The summed E-state index contributed by atoms with van der Waals surface area (Å²) < 4.78 is 5.33. The van der Waals surface area contributed by atoms with E-state index in [9.17, 15) is 9.59 Å². The average molecular weight is 293 g/mol. The minimum Gasteiger partial charge on any atom is -0.496 e. The summed E-state index contributed by atoms with van der Waals surface area (Å²) in [5.41, 5.74) is 0.0903. The van der Waals surface area contributed by atoms with Crippen LogP contribution in [0.5, 0.6) is 5.75 Å². The average Bonchev–Trinajstić information content (AvgIpc) is 2.45. The first-order valence-corrected chi connectivity index (χ1v) is 6.91. The van der Waals surface area contributed by atoms with E-state index in [-0.39, 0.29) is 12.3 Å². The minimum atomic E-state index is -0.847. The van der Waals surface area contributed by atoms with Crippen molar-refractivity contribution in [3.63, 3.8) is 0 Å². The molecule has 0 fully saturated rings. The van der Waals surface area contributed by atoms with Crippen molar-refractivity contribution in [1.82, 2.24) is 4.90 Å². The number of para-hydroxylation sites is 1. The van der Waals surface area contributed by atoms with Gasteiger partial charge in [0.1, 0.15) is 5.75 Å². The van der Waals surface area contributed by atoms with Crippen LogP contribution in [0.25, 0.3) is 0 Å². The number of carbonyl (C=O) groups is 2. The van der Waals surface area contributed by atoms with Crippen molar-refractivity contribution in [3.8, 4) is 5.75 Å². The summed E-state index contributed by atoms with van der Waals surface area (Å²) in [6.45, 7) is 4.12. The summed E-state index contributed by atoms with van der Waals surface area (Å²) in [5, 5.41) is 8.65. The molecule has 116 valence electrons. The molecule has 0 aliphatic rings. The Morgan fingerprint density at radius 3 is 2.48 bits per heavy atom. The molecule has 0 aliphatic carbocycles. The highest BCUT2D eigenvalue weighted by Crippen LogP contribution is 2.32. The number of ether oxygens (including phenoxy) is 1. The Hall–Kier alpha value is -2.04. The number of amides is 1. The number of carbonyl (C=O) groups excluding carboxylic acids is 1. The van der Waals surface area contributed by atoms with E-state index in [4.69, 9.17) is 9.84 Å². The quantitative estimate of drug-likeness (QED) is 0.837. The second-order valence-electron chi connectivity index (χ2n) is 5.55. The van der Waals surface area contributed by atoms with E-state index >= 15 is 0 Å². The summed E-state index contributed by atoms with van der Waals surface area (Å²) in [4.78, 5) is 24.7. The lowest BCUT2D eigenvalue weighted by Crippen LogP contribution is -2.42. The molecule has 21 heavy (non-hydrogen) atoms. The summed E-state index contributed by atoms with van der Waals surface area (Å²) in [6.07, 6.45) is 0.506. The molecule has 1 amide bonds. The van der Waals surface area contributed by atoms with Gasteiger partial charge in [0.05, 0.1) is 12.5 Å². The number of carboxylic acid groups (broad SMARTS) is 1. The lowest BCUT2D eigenvalue weighted by Gasteiger charge is -2.30. The van der Waals surface area contributed by atoms with Crippen LogP contribution in [0, 0.1) is 0 Å². The number of hydrogen-bond acceptors (Lipinski definition) is 3. The fourth-order valence-electron chi connectivity index (χ4n) is 2.32. The molecule has 0 aromatic heterocycles. The number of hydrogen-bond donors (Lipinski definition) is 1. The van der Waals surface area contributed by atoms with Gasteiger partial charge in [-0.15, -0.1) is 0 Å². The van der Waals surface area contributed by atoms with E-state index in [1.807, 2.05) is 38.1 Å². The normalized spacial score (nSPS) is 11.0. The molecule has 0 unspecified atom stereocenters. The van der Waals surface area contributed by atoms with Crippen molar-refractivity contribution in [2.24, 2.45) is 0 Å². The highest BCUT2D eigenvalue weighted by molar-refractivity contribution is 5.88. The van der Waals surface area contributed by atoms with Gasteiger partial charge in [0.2, 0.25) is 5.91 Å². The standard InChI is InChI=1S/C16H23NO4/c1-16(2,12-8-5-6-9-13(12)21-4)15(20)17(3)11-7-10-14(18)19/h5-6,8-9H,7,10-11H2,1-4H3,(H,18,19). The van der Waals surface area contributed by atoms with Crippen molar-refractivity contribution in [2.75, 3.05) is 20.7 Å². The fraction of sp³-hybridized carbons (Fsp3) is 0.500. The number of likely N-dealkylation sites (N-methyl/N-ethyl adjacent to an activating group) is 1. The molecule has 1 rings (SSSR count). The Balaban J connectivity index is 2.85. The van der Waals surface area contributed by atoms with Gasteiger partial charge in [-0.1, -0.05) is 18.2 Å². The summed E-state index contributed by atoms with van der Waals surface area (Å²) in [7, 11) is 3.28. The molecule has 0 atom stereocenters. The molecule has 0 heterocycles. The molecule has 0 bridgehead atoms. The lowest BCUT2D eigenvalue weighted by molar-refractivity contribution is -0.139. The maximum Gasteiger partial charge on any atom is 0.303 e. The van der Waals surface area contributed by atoms with E-state index in [0.29, 0.717) is 18.7 Å². The molecule has 0 radical (unpaired) electrons. The smallest absolute Gasteiger partial charge is 0.303 e. The fourth-order valence-corrected chi connectivity index (χ4v) is 2.32. The van der Waals surface area contributed by atoms with Crippen molar-refractivity contribution < 1.29 is 19.4 Å². The monoisotopic (exact) mass is 293 g/mol. The van der Waals surface area contributed by atoms with Crippen LogP contribution in [0.2, 0.25) is 0 Å². The summed E-state index contributed by atoms with van der Waals surface area (Å²) in [6, 6.07) is 7.44.